The maximum atomic E-state index is 12.6. The van der Waals surface area contributed by atoms with Gasteiger partial charge in [0.15, 0.2) is 0 Å². The highest BCUT2D eigenvalue weighted by Gasteiger charge is 2.22. The quantitative estimate of drug-likeness (QED) is 0.925. The number of amides is 1. The molecule has 1 amide bonds. The van der Waals surface area contributed by atoms with E-state index in [1.54, 1.807) is 48.5 Å². The van der Waals surface area contributed by atoms with Gasteiger partial charge in [0.05, 0.1) is 18.8 Å². The molecule has 1 fully saturated rings. The highest BCUT2D eigenvalue weighted by atomic mass is 16.5. The number of hydrogen-bond acceptors (Lipinski definition) is 4. The van der Waals surface area contributed by atoms with Crippen LogP contribution in [0.15, 0.2) is 47.4 Å². The number of carbonyl (C=O) groups is 1. The van der Waals surface area contributed by atoms with Gasteiger partial charge in [-0.1, -0.05) is 0 Å². The molecule has 126 valence electrons. The lowest BCUT2D eigenvalue weighted by Crippen LogP contribution is -2.40. The number of rotatable bonds is 3. The van der Waals surface area contributed by atoms with Crippen LogP contribution >= 0.6 is 0 Å². The van der Waals surface area contributed by atoms with E-state index in [9.17, 15) is 14.7 Å². The Kier molecular flexibility index (Phi) is 4.66. The van der Waals surface area contributed by atoms with Gasteiger partial charge < -0.3 is 14.7 Å². The summed E-state index contributed by atoms with van der Waals surface area (Å²) in [6.45, 7) is 1.06. The molecule has 24 heavy (non-hydrogen) atoms. The van der Waals surface area contributed by atoms with E-state index in [1.165, 1.54) is 10.6 Å². The molecule has 6 nitrogen and oxygen atoms in total. The zero-order valence-electron chi connectivity index (χ0n) is 13.5. The van der Waals surface area contributed by atoms with Crippen molar-refractivity contribution in [3.63, 3.8) is 0 Å². The van der Waals surface area contributed by atoms with E-state index in [0.717, 1.165) is 0 Å². The number of nitrogens with zero attached hydrogens (tertiary/aromatic N) is 2. The highest BCUT2D eigenvalue weighted by molar-refractivity contribution is 5.94. The van der Waals surface area contributed by atoms with E-state index in [4.69, 9.17) is 4.74 Å². The van der Waals surface area contributed by atoms with E-state index in [1.807, 2.05) is 0 Å². The first-order valence-corrected chi connectivity index (χ1v) is 7.93. The predicted molar refractivity (Wildman–Crippen MR) is 89.7 cm³/mol. The number of methoxy groups -OCH3 is 1. The first kappa shape index (κ1) is 16.3. The average molecular weight is 328 g/mol. The number of hydrogen-bond donors (Lipinski definition) is 1. The third kappa shape index (κ3) is 3.33. The van der Waals surface area contributed by atoms with Crippen molar-refractivity contribution in [1.29, 1.82) is 0 Å². The Morgan fingerprint density at radius 3 is 2.42 bits per heavy atom. The normalized spacial score (nSPS) is 15.3. The molecule has 2 heterocycles. The molecule has 0 spiro atoms. The lowest BCUT2D eigenvalue weighted by atomic mass is 10.1. The number of aromatic nitrogens is 1. The Bertz CT molecular complexity index is 774. The zero-order valence-corrected chi connectivity index (χ0v) is 13.5. The van der Waals surface area contributed by atoms with E-state index in [0.29, 0.717) is 42.9 Å². The van der Waals surface area contributed by atoms with Crippen molar-refractivity contribution < 1.29 is 14.6 Å². The molecule has 0 aliphatic carbocycles. The van der Waals surface area contributed by atoms with Crippen molar-refractivity contribution in [2.45, 2.75) is 18.9 Å². The summed E-state index contributed by atoms with van der Waals surface area (Å²) in [6, 6.07) is 10.0. The maximum absolute atomic E-state index is 12.6. The third-order valence-electron chi connectivity index (χ3n) is 4.26. The molecule has 0 atom stereocenters. The Labute approximate surface area is 139 Å². The summed E-state index contributed by atoms with van der Waals surface area (Å²) in [6.07, 6.45) is 2.41. The van der Waals surface area contributed by atoms with Crippen molar-refractivity contribution in [3.8, 4) is 11.4 Å². The van der Waals surface area contributed by atoms with Gasteiger partial charge in [0.2, 0.25) is 0 Å². The van der Waals surface area contributed by atoms with Crippen molar-refractivity contribution in [2.75, 3.05) is 20.2 Å². The van der Waals surface area contributed by atoms with E-state index in [-0.39, 0.29) is 17.6 Å². The molecule has 0 unspecified atom stereocenters. The number of aliphatic hydroxyl groups excluding tert-OH is 1. The molecule has 0 radical (unpaired) electrons. The van der Waals surface area contributed by atoms with Gasteiger partial charge in [0.1, 0.15) is 5.75 Å². The summed E-state index contributed by atoms with van der Waals surface area (Å²) in [5, 5.41) is 9.56. The van der Waals surface area contributed by atoms with Gasteiger partial charge in [0.25, 0.3) is 11.5 Å². The van der Waals surface area contributed by atoms with Crippen LogP contribution < -0.4 is 10.3 Å². The Balaban J connectivity index is 1.88. The summed E-state index contributed by atoms with van der Waals surface area (Å²) in [7, 11) is 1.58. The van der Waals surface area contributed by atoms with Crippen molar-refractivity contribution in [3.05, 3.63) is 58.5 Å². The predicted octanol–water partition coefficient (Wildman–Crippen LogP) is 1.44. The van der Waals surface area contributed by atoms with Gasteiger partial charge in [0, 0.05) is 31.0 Å². The van der Waals surface area contributed by atoms with Crippen LogP contribution in [0.4, 0.5) is 0 Å². The second-order valence-corrected chi connectivity index (χ2v) is 5.85. The van der Waals surface area contributed by atoms with Crippen LogP contribution in [0.3, 0.4) is 0 Å². The molecule has 6 heteroatoms. The Morgan fingerprint density at radius 1 is 1.12 bits per heavy atom. The summed E-state index contributed by atoms with van der Waals surface area (Å²) in [5.41, 5.74) is 0.928. The van der Waals surface area contributed by atoms with Crippen LogP contribution in [0.5, 0.6) is 5.75 Å². The molecule has 1 aromatic heterocycles. The number of benzene rings is 1. The van der Waals surface area contributed by atoms with Gasteiger partial charge >= 0.3 is 0 Å². The maximum Gasteiger partial charge on any atom is 0.255 e. The monoisotopic (exact) mass is 328 g/mol. The third-order valence-corrected chi connectivity index (χ3v) is 4.26. The minimum Gasteiger partial charge on any atom is -0.497 e. The SMILES string of the molecule is COc1ccc(-n2cc(C(=O)N3CCC(O)CC3)ccc2=O)cc1. The van der Waals surface area contributed by atoms with Crippen LogP contribution in [0.2, 0.25) is 0 Å². The van der Waals surface area contributed by atoms with Gasteiger partial charge in [-0.25, -0.2) is 0 Å². The Hall–Kier alpha value is -2.60. The standard InChI is InChI=1S/C18H20N2O4/c1-24-16-5-3-14(4-6-16)20-12-13(2-7-17(20)22)18(23)19-10-8-15(21)9-11-19/h2-7,12,15,21H,8-11H2,1H3. The van der Waals surface area contributed by atoms with Crippen molar-refractivity contribution in [1.82, 2.24) is 9.47 Å². The average Bonchev–Trinajstić information content (AvgIpc) is 2.62. The molecule has 1 aromatic carbocycles. The summed E-state index contributed by atoms with van der Waals surface area (Å²) in [4.78, 5) is 26.5. The number of aliphatic hydroxyl groups is 1. The molecule has 1 aliphatic rings. The molecule has 2 aromatic rings. The first-order chi connectivity index (χ1) is 11.6. The number of pyridine rings is 1. The van der Waals surface area contributed by atoms with Crippen molar-refractivity contribution in [2.24, 2.45) is 0 Å². The van der Waals surface area contributed by atoms with Gasteiger partial charge in [-0.05, 0) is 43.2 Å². The fourth-order valence-electron chi connectivity index (χ4n) is 2.81. The van der Waals surface area contributed by atoms with Gasteiger partial charge in [-0.15, -0.1) is 0 Å². The molecule has 1 saturated heterocycles. The first-order valence-electron chi connectivity index (χ1n) is 7.93. The van der Waals surface area contributed by atoms with E-state index in [2.05, 4.69) is 0 Å². The smallest absolute Gasteiger partial charge is 0.255 e. The second-order valence-electron chi connectivity index (χ2n) is 5.85. The van der Waals surface area contributed by atoms with Crippen LogP contribution in [-0.4, -0.2) is 46.8 Å². The molecular formula is C18H20N2O4. The summed E-state index contributed by atoms with van der Waals surface area (Å²) < 4.78 is 6.57. The summed E-state index contributed by atoms with van der Waals surface area (Å²) in [5.74, 6) is 0.579. The zero-order chi connectivity index (χ0) is 17.1. The minimum absolute atomic E-state index is 0.121. The van der Waals surface area contributed by atoms with Crippen LogP contribution in [0.25, 0.3) is 5.69 Å². The van der Waals surface area contributed by atoms with Gasteiger partial charge in [-0.3, -0.25) is 14.2 Å². The minimum atomic E-state index is -0.331. The molecule has 1 N–H and O–H groups in total. The number of carbonyl (C=O) groups excluding carboxylic acids is 1. The number of piperidine rings is 1. The lowest BCUT2D eigenvalue weighted by Gasteiger charge is -2.29. The lowest BCUT2D eigenvalue weighted by molar-refractivity contribution is 0.0546. The summed E-state index contributed by atoms with van der Waals surface area (Å²) >= 11 is 0. The second kappa shape index (κ2) is 6.88. The molecule has 3 rings (SSSR count). The molecule has 0 saturated carbocycles. The molecule has 1 aliphatic heterocycles. The fourth-order valence-corrected chi connectivity index (χ4v) is 2.81. The largest absolute Gasteiger partial charge is 0.497 e. The van der Waals surface area contributed by atoms with E-state index >= 15 is 0 Å². The Morgan fingerprint density at radius 2 is 1.79 bits per heavy atom. The van der Waals surface area contributed by atoms with Crippen molar-refractivity contribution >= 4 is 5.91 Å². The van der Waals surface area contributed by atoms with Crippen LogP contribution in [0.1, 0.15) is 23.2 Å². The molecular weight excluding hydrogens is 308 g/mol. The van der Waals surface area contributed by atoms with Crippen LogP contribution in [0, 0.1) is 0 Å². The van der Waals surface area contributed by atoms with Gasteiger partial charge in [-0.2, -0.15) is 0 Å². The number of likely N-dealkylation sites (tertiary alicyclic amines) is 1. The molecule has 0 bridgehead atoms. The highest BCUT2D eigenvalue weighted by Crippen LogP contribution is 2.16. The van der Waals surface area contributed by atoms with Crippen LogP contribution in [-0.2, 0) is 0 Å². The number of ether oxygens (including phenoxy) is 1. The fraction of sp³-hybridized carbons (Fsp3) is 0.333. The van der Waals surface area contributed by atoms with E-state index < -0.39 is 0 Å². The topological polar surface area (TPSA) is 71.8 Å².